The Morgan fingerprint density at radius 1 is 1.08 bits per heavy atom. The fraction of sp³-hybridized carbons (Fsp3) is 0.158. The molecule has 0 fully saturated rings. The second-order valence-corrected chi connectivity index (χ2v) is 6.33. The fourth-order valence-electron chi connectivity index (χ4n) is 2.63. The van der Waals surface area contributed by atoms with Crippen molar-refractivity contribution in [2.24, 2.45) is 0 Å². The number of carbonyl (C=O) groups is 2. The standard InChI is InChI=1S/C19H16FNO2S/c1-24-15-6-4-5-13(11-15)9-10-14(20)12-21-18(22)16-7-2-3-8-17(16)19(21)23/h2-8,10-11H,9,12H2,1H3/b14-10-. The zero-order valence-corrected chi connectivity index (χ0v) is 14.0. The number of benzene rings is 2. The summed E-state index contributed by atoms with van der Waals surface area (Å²) in [5.74, 6) is -1.37. The molecule has 2 aromatic rings. The maximum absolute atomic E-state index is 14.2. The van der Waals surface area contributed by atoms with Gasteiger partial charge >= 0.3 is 0 Å². The normalized spacial score (nSPS) is 14.2. The summed E-state index contributed by atoms with van der Waals surface area (Å²) in [6.07, 6.45) is 3.82. The van der Waals surface area contributed by atoms with E-state index in [1.165, 1.54) is 6.08 Å². The van der Waals surface area contributed by atoms with E-state index in [0.29, 0.717) is 17.5 Å². The molecule has 2 amide bonds. The van der Waals surface area contributed by atoms with E-state index >= 15 is 0 Å². The molecule has 122 valence electrons. The molecule has 0 N–H and O–H groups in total. The highest BCUT2D eigenvalue weighted by molar-refractivity contribution is 7.98. The van der Waals surface area contributed by atoms with Gasteiger partial charge in [-0.05, 0) is 48.6 Å². The molecule has 0 aromatic heterocycles. The maximum atomic E-state index is 14.2. The smallest absolute Gasteiger partial charge is 0.261 e. The highest BCUT2D eigenvalue weighted by Gasteiger charge is 2.35. The van der Waals surface area contributed by atoms with Gasteiger partial charge in [-0.25, -0.2) is 4.39 Å². The Balaban J connectivity index is 1.70. The minimum absolute atomic E-state index is 0.325. The number of amides is 2. The van der Waals surface area contributed by atoms with Gasteiger partial charge in [0.25, 0.3) is 11.8 Å². The number of imide groups is 1. The van der Waals surface area contributed by atoms with Crippen molar-refractivity contribution in [1.82, 2.24) is 4.90 Å². The summed E-state index contributed by atoms with van der Waals surface area (Å²) in [4.78, 5) is 26.5. The molecule has 0 unspecified atom stereocenters. The lowest BCUT2D eigenvalue weighted by Gasteiger charge is -2.12. The topological polar surface area (TPSA) is 37.4 Å². The van der Waals surface area contributed by atoms with Crippen LogP contribution in [0.3, 0.4) is 0 Å². The Morgan fingerprint density at radius 3 is 2.38 bits per heavy atom. The van der Waals surface area contributed by atoms with Crippen molar-refractivity contribution in [1.29, 1.82) is 0 Å². The van der Waals surface area contributed by atoms with Gasteiger partial charge in [-0.2, -0.15) is 0 Å². The third-order valence-electron chi connectivity index (χ3n) is 3.88. The molecular weight excluding hydrogens is 325 g/mol. The number of carbonyl (C=O) groups excluding carboxylic acids is 2. The van der Waals surface area contributed by atoms with E-state index in [-0.39, 0.29) is 6.54 Å². The molecule has 2 aromatic carbocycles. The van der Waals surface area contributed by atoms with Gasteiger partial charge in [0.05, 0.1) is 17.7 Å². The van der Waals surface area contributed by atoms with E-state index in [1.54, 1.807) is 36.0 Å². The molecule has 1 aliphatic heterocycles. The summed E-state index contributed by atoms with van der Waals surface area (Å²) in [6.45, 7) is -0.325. The number of thioether (sulfide) groups is 1. The number of halogens is 1. The minimum atomic E-state index is -0.487. The quantitative estimate of drug-likeness (QED) is 0.607. The number of hydrogen-bond donors (Lipinski definition) is 0. The van der Waals surface area contributed by atoms with Crippen molar-refractivity contribution >= 4 is 23.6 Å². The van der Waals surface area contributed by atoms with Crippen LogP contribution in [-0.2, 0) is 6.42 Å². The third kappa shape index (κ3) is 3.26. The second-order valence-electron chi connectivity index (χ2n) is 5.45. The zero-order valence-electron chi connectivity index (χ0n) is 13.2. The van der Waals surface area contributed by atoms with Crippen LogP contribution in [0.1, 0.15) is 26.3 Å². The van der Waals surface area contributed by atoms with Crippen LogP contribution in [0, 0.1) is 0 Å². The Hall–Kier alpha value is -2.40. The Bertz CT molecular complexity index is 797. The monoisotopic (exact) mass is 341 g/mol. The fourth-order valence-corrected chi connectivity index (χ4v) is 3.11. The molecule has 0 aliphatic carbocycles. The number of hydrogen-bond acceptors (Lipinski definition) is 3. The number of rotatable bonds is 5. The van der Waals surface area contributed by atoms with Crippen LogP contribution in [0.15, 0.2) is 65.3 Å². The average Bonchev–Trinajstić information content (AvgIpc) is 2.85. The van der Waals surface area contributed by atoms with Crippen molar-refractivity contribution in [2.75, 3.05) is 12.8 Å². The molecule has 3 rings (SSSR count). The molecule has 1 heterocycles. The van der Waals surface area contributed by atoms with Crippen LogP contribution in [0.2, 0.25) is 0 Å². The van der Waals surface area contributed by atoms with Crippen molar-refractivity contribution in [3.8, 4) is 0 Å². The summed E-state index contributed by atoms with van der Waals surface area (Å²) in [5.41, 5.74) is 1.66. The molecule has 5 heteroatoms. The van der Waals surface area contributed by atoms with Gasteiger partial charge in [0, 0.05) is 4.90 Å². The average molecular weight is 341 g/mol. The summed E-state index contributed by atoms with van der Waals surface area (Å²) >= 11 is 1.62. The third-order valence-corrected chi connectivity index (χ3v) is 4.61. The van der Waals surface area contributed by atoms with Crippen molar-refractivity contribution in [3.05, 3.63) is 77.1 Å². The van der Waals surface area contributed by atoms with E-state index in [0.717, 1.165) is 15.4 Å². The van der Waals surface area contributed by atoms with Gasteiger partial charge in [-0.1, -0.05) is 24.3 Å². The Labute approximate surface area is 144 Å². The van der Waals surface area contributed by atoms with Crippen LogP contribution >= 0.6 is 11.8 Å². The highest BCUT2D eigenvalue weighted by Crippen LogP contribution is 2.23. The molecule has 0 saturated heterocycles. The van der Waals surface area contributed by atoms with E-state index < -0.39 is 17.6 Å². The maximum Gasteiger partial charge on any atom is 0.261 e. The molecule has 0 atom stereocenters. The van der Waals surface area contributed by atoms with E-state index in [4.69, 9.17) is 0 Å². The van der Waals surface area contributed by atoms with Gasteiger partial charge in [0.15, 0.2) is 0 Å². The molecule has 0 radical (unpaired) electrons. The lowest BCUT2D eigenvalue weighted by molar-refractivity contribution is 0.0660. The first-order valence-corrected chi connectivity index (χ1v) is 8.75. The molecule has 0 saturated carbocycles. The highest BCUT2D eigenvalue weighted by atomic mass is 32.2. The van der Waals surface area contributed by atoms with E-state index in [1.807, 2.05) is 30.5 Å². The van der Waals surface area contributed by atoms with Gasteiger partial charge < -0.3 is 0 Å². The summed E-state index contributed by atoms with van der Waals surface area (Å²) in [7, 11) is 0. The number of fused-ring (bicyclic) bond motifs is 1. The molecule has 24 heavy (non-hydrogen) atoms. The predicted molar refractivity (Wildman–Crippen MR) is 92.9 cm³/mol. The van der Waals surface area contributed by atoms with E-state index in [2.05, 4.69) is 0 Å². The molecule has 0 bridgehead atoms. The van der Waals surface area contributed by atoms with E-state index in [9.17, 15) is 14.0 Å². The first-order valence-electron chi connectivity index (χ1n) is 7.53. The van der Waals surface area contributed by atoms with Crippen LogP contribution in [0.4, 0.5) is 4.39 Å². The van der Waals surface area contributed by atoms with Crippen LogP contribution in [0.25, 0.3) is 0 Å². The summed E-state index contributed by atoms with van der Waals surface area (Å²) in [6, 6.07) is 14.4. The minimum Gasteiger partial charge on any atom is -0.269 e. The second kappa shape index (κ2) is 7.01. The largest absolute Gasteiger partial charge is 0.269 e. The predicted octanol–water partition coefficient (Wildman–Crippen LogP) is 4.10. The number of nitrogens with zero attached hydrogens (tertiary/aromatic N) is 1. The first-order chi connectivity index (χ1) is 11.6. The van der Waals surface area contributed by atoms with Crippen LogP contribution < -0.4 is 0 Å². The summed E-state index contributed by atoms with van der Waals surface area (Å²) < 4.78 is 14.2. The lowest BCUT2D eigenvalue weighted by Crippen LogP contribution is -2.31. The molecule has 0 spiro atoms. The van der Waals surface area contributed by atoms with Crippen molar-refractivity contribution < 1.29 is 14.0 Å². The Morgan fingerprint density at radius 2 is 1.75 bits per heavy atom. The van der Waals surface area contributed by atoms with Crippen LogP contribution in [0.5, 0.6) is 0 Å². The Kier molecular flexibility index (Phi) is 4.81. The first kappa shape index (κ1) is 16.5. The van der Waals surface area contributed by atoms with Gasteiger partial charge in [-0.3, -0.25) is 14.5 Å². The SMILES string of the molecule is CSc1cccc(C/C=C(\F)CN2C(=O)c3ccccc3C2=O)c1. The van der Waals surface area contributed by atoms with Gasteiger partial charge in [-0.15, -0.1) is 11.8 Å². The molecular formula is C19H16FNO2S. The lowest BCUT2D eigenvalue weighted by atomic mass is 10.1. The van der Waals surface area contributed by atoms with Gasteiger partial charge in [0.1, 0.15) is 5.83 Å². The number of allylic oxidation sites excluding steroid dienone is 1. The summed E-state index contributed by atoms with van der Waals surface area (Å²) in [5, 5.41) is 0. The van der Waals surface area contributed by atoms with Crippen LogP contribution in [-0.4, -0.2) is 29.5 Å². The molecule has 1 aliphatic rings. The molecule has 3 nitrogen and oxygen atoms in total. The van der Waals surface area contributed by atoms with Crippen molar-refractivity contribution in [3.63, 3.8) is 0 Å². The van der Waals surface area contributed by atoms with Crippen molar-refractivity contribution in [2.45, 2.75) is 11.3 Å². The van der Waals surface area contributed by atoms with Gasteiger partial charge in [0.2, 0.25) is 0 Å². The zero-order chi connectivity index (χ0) is 17.1.